The monoisotopic (exact) mass is 458 g/mol. The van der Waals surface area contributed by atoms with Gasteiger partial charge in [-0.25, -0.2) is 8.42 Å². The van der Waals surface area contributed by atoms with E-state index in [0.29, 0.717) is 28.5 Å². The minimum absolute atomic E-state index is 0.114. The second-order valence-electron chi connectivity index (χ2n) is 9.55. The van der Waals surface area contributed by atoms with Crippen LogP contribution in [-0.2, 0) is 14.8 Å². The Morgan fingerprint density at radius 1 is 0.935 bits per heavy atom. The summed E-state index contributed by atoms with van der Waals surface area (Å²) < 4.78 is 28.1. The van der Waals surface area contributed by atoms with Crippen molar-refractivity contribution < 1.29 is 13.2 Å². The highest BCUT2D eigenvalue weighted by molar-refractivity contribution is 7.92. The van der Waals surface area contributed by atoms with Gasteiger partial charge >= 0.3 is 0 Å². The van der Waals surface area contributed by atoms with Gasteiger partial charge in [-0.3, -0.25) is 9.10 Å². The molecule has 4 saturated carbocycles. The molecule has 4 fully saturated rings. The molecule has 4 bridgehead atoms. The van der Waals surface area contributed by atoms with Gasteiger partial charge in [0.05, 0.1) is 10.6 Å². The molecule has 7 heteroatoms. The number of para-hydroxylation sites is 1. The van der Waals surface area contributed by atoms with Crippen LogP contribution in [-0.4, -0.2) is 26.4 Å². The number of hydrogen-bond donors (Lipinski definition) is 1. The second kappa shape index (κ2) is 7.82. The predicted octanol–water partition coefficient (Wildman–Crippen LogP) is 4.62. The first-order valence-electron chi connectivity index (χ1n) is 11.0. The zero-order valence-electron chi connectivity index (χ0n) is 17.3. The van der Waals surface area contributed by atoms with E-state index < -0.39 is 10.0 Å². The fourth-order valence-corrected chi connectivity index (χ4v) is 7.92. The van der Waals surface area contributed by atoms with Crippen molar-refractivity contribution in [3.63, 3.8) is 0 Å². The van der Waals surface area contributed by atoms with E-state index >= 15 is 0 Å². The molecule has 0 heterocycles. The summed E-state index contributed by atoms with van der Waals surface area (Å²) in [5, 5.41) is 3.75. The van der Waals surface area contributed by atoms with Crippen molar-refractivity contribution >= 4 is 33.2 Å². The number of sulfonamides is 1. The summed E-state index contributed by atoms with van der Waals surface area (Å²) in [4.78, 5) is 13.3. The first-order chi connectivity index (χ1) is 14.8. The molecular formula is C24H27ClN2O3S. The van der Waals surface area contributed by atoms with Gasteiger partial charge in [-0.05, 0) is 92.7 Å². The number of carbonyl (C=O) groups is 1. The van der Waals surface area contributed by atoms with Crippen LogP contribution < -0.4 is 9.62 Å². The summed E-state index contributed by atoms with van der Waals surface area (Å²) in [6.07, 6.45) is 6.95. The minimum atomic E-state index is -3.92. The van der Waals surface area contributed by atoms with Gasteiger partial charge in [0.25, 0.3) is 10.0 Å². The average Bonchev–Trinajstić information content (AvgIpc) is 2.71. The van der Waals surface area contributed by atoms with Crippen molar-refractivity contribution in [3.05, 3.63) is 59.6 Å². The molecule has 2 aromatic rings. The van der Waals surface area contributed by atoms with E-state index in [9.17, 15) is 13.2 Å². The van der Waals surface area contributed by atoms with Crippen molar-refractivity contribution in [1.29, 1.82) is 0 Å². The number of amides is 1. The summed E-state index contributed by atoms with van der Waals surface area (Å²) in [5.41, 5.74) is 0.316. The van der Waals surface area contributed by atoms with E-state index in [1.807, 2.05) is 6.07 Å². The van der Waals surface area contributed by atoms with E-state index in [0.717, 1.165) is 19.3 Å². The van der Waals surface area contributed by atoms with Crippen LogP contribution in [0.15, 0.2) is 59.5 Å². The predicted molar refractivity (Wildman–Crippen MR) is 121 cm³/mol. The number of anilines is 1. The summed E-state index contributed by atoms with van der Waals surface area (Å²) in [7, 11) is -3.92. The largest absolute Gasteiger partial charge is 0.349 e. The number of rotatable bonds is 6. The molecule has 4 aliphatic carbocycles. The highest BCUT2D eigenvalue weighted by Crippen LogP contribution is 2.55. The van der Waals surface area contributed by atoms with Gasteiger partial charge in [-0.1, -0.05) is 29.8 Å². The van der Waals surface area contributed by atoms with E-state index in [1.54, 1.807) is 36.4 Å². The Kier molecular flexibility index (Phi) is 5.25. The third-order valence-corrected chi connectivity index (χ3v) is 9.22. The number of nitrogens with one attached hydrogen (secondary N) is 1. The summed E-state index contributed by atoms with van der Waals surface area (Å²) in [5.74, 6) is 1.88. The maximum absolute atomic E-state index is 13.4. The van der Waals surface area contributed by atoms with Gasteiger partial charge in [-0.2, -0.15) is 0 Å². The Hall–Kier alpha value is -2.05. The molecule has 31 heavy (non-hydrogen) atoms. The van der Waals surface area contributed by atoms with Crippen LogP contribution >= 0.6 is 11.6 Å². The molecule has 2 aromatic carbocycles. The SMILES string of the molecule is O=C(CN(c1ccccc1)S(=O)(=O)c1ccc(Cl)cc1)NC12CC3CC(CC(C3)C1)C2. The lowest BCUT2D eigenvalue weighted by Crippen LogP contribution is -2.61. The van der Waals surface area contributed by atoms with E-state index in [2.05, 4.69) is 5.32 Å². The van der Waals surface area contributed by atoms with Crippen LogP contribution in [0.2, 0.25) is 5.02 Å². The van der Waals surface area contributed by atoms with E-state index in [1.165, 1.54) is 35.7 Å². The Bertz CT molecular complexity index is 1030. The first kappa shape index (κ1) is 20.8. The van der Waals surface area contributed by atoms with Gasteiger partial charge < -0.3 is 5.32 Å². The highest BCUT2D eigenvalue weighted by atomic mass is 35.5. The fourth-order valence-electron chi connectivity index (χ4n) is 6.37. The number of benzene rings is 2. The molecule has 1 amide bonds. The molecular weight excluding hydrogens is 432 g/mol. The molecule has 6 rings (SSSR count). The van der Waals surface area contributed by atoms with Gasteiger partial charge in [0, 0.05) is 10.6 Å². The Balaban J connectivity index is 1.40. The summed E-state index contributed by atoms with van der Waals surface area (Å²) in [6.45, 7) is -0.239. The lowest BCUT2D eigenvalue weighted by Gasteiger charge is -2.57. The van der Waals surface area contributed by atoms with Crippen molar-refractivity contribution in [2.75, 3.05) is 10.8 Å². The molecule has 0 spiro atoms. The molecule has 0 radical (unpaired) electrons. The van der Waals surface area contributed by atoms with Crippen molar-refractivity contribution in [2.24, 2.45) is 17.8 Å². The third-order valence-electron chi connectivity index (χ3n) is 7.18. The molecule has 0 aromatic heterocycles. The quantitative estimate of drug-likeness (QED) is 0.686. The van der Waals surface area contributed by atoms with Gasteiger partial charge in [-0.15, -0.1) is 0 Å². The van der Waals surface area contributed by atoms with Crippen LogP contribution in [0.25, 0.3) is 0 Å². The second-order valence-corrected chi connectivity index (χ2v) is 11.8. The molecule has 0 aliphatic heterocycles. The Labute approximate surface area is 188 Å². The number of halogens is 1. The minimum Gasteiger partial charge on any atom is -0.349 e. The molecule has 1 N–H and O–H groups in total. The summed E-state index contributed by atoms with van der Waals surface area (Å²) in [6, 6.07) is 14.9. The maximum atomic E-state index is 13.4. The average molecular weight is 459 g/mol. The Morgan fingerprint density at radius 3 is 2.03 bits per heavy atom. The molecule has 164 valence electrons. The van der Waals surface area contributed by atoms with Gasteiger partial charge in [0.2, 0.25) is 5.91 Å². The van der Waals surface area contributed by atoms with Crippen molar-refractivity contribution in [1.82, 2.24) is 5.32 Å². The van der Waals surface area contributed by atoms with Crippen molar-refractivity contribution in [3.8, 4) is 0 Å². The maximum Gasteiger partial charge on any atom is 0.264 e. The normalized spacial score (nSPS) is 29.0. The Morgan fingerprint density at radius 2 is 1.48 bits per heavy atom. The lowest BCUT2D eigenvalue weighted by atomic mass is 9.53. The number of carbonyl (C=O) groups excluding carboxylic acids is 1. The van der Waals surface area contributed by atoms with Gasteiger partial charge in [0.1, 0.15) is 6.54 Å². The fraction of sp³-hybridized carbons (Fsp3) is 0.458. The van der Waals surface area contributed by atoms with Crippen LogP contribution in [0.4, 0.5) is 5.69 Å². The lowest BCUT2D eigenvalue weighted by molar-refractivity contribution is -0.125. The summed E-state index contributed by atoms with van der Waals surface area (Å²) >= 11 is 5.94. The van der Waals surface area contributed by atoms with E-state index in [4.69, 9.17) is 11.6 Å². The molecule has 4 aliphatic rings. The number of hydrogen-bond acceptors (Lipinski definition) is 3. The number of nitrogens with zero attached hydrogens (tertiary/aromatic N) is 1. The zero-order chi connectivity index (χ0) is 21.6. The first-order valence-corrected chi connectivity index (χ1v) is 12.8. The molecule has 5 nitrogen and oxygen atoms in total. The topological polar surface area (TPSA) is 66.5 Å². The smallest absolute Gasteiger partial charge is 0.264 e. The molecule has 0 unspecified atom stereocenters. The van der Waals surface area contributed by atoms with Gasteiger partial charge in [0.15, 0.2) is 0 Å². The van der Waals surface area contributed by atoms with Crippen LogP contribution in [0, 0.1) is 17.8 Å². The molecule has 0 saturated heterocycles. The standard InChI is InChI=1S/C24H27ClN2O3S/c25-20-6-8-22(9-7-20)31(29,30)27(21-4-2-1-3-5-21)16-23(28)26-24-13-17-10-18(14-24)12-19(11-17)15-24/h1-9,17-19H,10-16H2,(H,26,28). The van der Waals surface area contributed by atoms with Crippen molar-refractivity contribution in [2.45, 2.75) is 49.0 Å². The third kappa shape index (κ3) is 4.08. The van der Waals surface area contributed by atoms with Crippen LogP contribution in [0.5, 0.6) is 0 Å². The van der Waals surface area contributed by atoms with E-state index in [-0.39, 0.29) is 22.9 Å². The highest BCUT2D eigenvalue weighted by Gasteiger charge is 2.51. The zero-order valence-corrected chi connectivity index (χ0v) is 18.9. The molecule has 0 atom stereocenters. The van der Waals surface area contributed by atoms with Crippen LogP contribution in [0.3, 0.4) is 0 Å². The van der Waals surface area contributed by atoms with Crippen LogP contribution in [0.1, 0.15) is 38.5 Å².